The number of aromatic nitrogens is 3. The van der Waals surface area contributed by atoms with Crippen LogP contribution in [0, 0.1) is 5.82 Å². The quantitative estimate of drug-likeness (QED) is 0.542. The van der Waals surface area contributed by atoms with Crippen molar-refractivity contribution >= 4 is 51.7 Å². The number of hydrogen-bond donors (Lipinski definition) is 3. The molecule has 1 aliphatic carbocycles. The number of carboxylic acid groups (broad SMARTS) is 1. The average Bonchev–Trinajstić information content (AvgIpc) is 3.35. The van der Waals surface area contributed by atoms with Gasteiger partial charge in [0.1, 0.15) is 17.0 Å². The van der Waals surface area contributed by atoms with Gasteiger partial charge in [0.15, 0.2) is 5.82 Å². The van der Waals surface area contributed by atoms with E-state index in [0.717, 1.165) is 6.20 Å². The number of rotatable bonds is 2. The molecular formula is C16H14Cl2FN5O2. The molecule has 1 amide bonds. The van der Waals surface area contributed by atoms with E-state index in [4.69, 9.17) is 34.0 Å². The van der Waals surface area contributed by atoms with E-state index < -0.39 is 11.9 Å². The average molecular weight is 398 g/mol. The lowest BCUT2D eigenvalue weighted by Gasteiger charge is -2.07. The van der Waals surface area contributed by atoms with Crippen molar-refractivity contribution in [1.82, 2.24) is 14.8 Å². The number of pyridine rings is 1. The van der Waals surface area contributed by atoms with Crippen molar-refractivity contribution in [3.63, 3.8) is 0 Å². The van der Waals surface area contributed by atoms with Gasteiger partial charge in [0, 0.05) is 11.9 Å². The van der Waals surface area contributed by atoms with E-state index in [1.54, 1.807) is 0 Å². The van der Waals surface area contributed by atoms with Crippen molar-refractivity contribution in [2.45, 2.75) is 19.3 Å². The third-order valence-corrected chi connectivity index (χ3v) is 3.93. The number of halogens is 3. The summed E-state index contributed by atoms with van der Waals surface area (Å²) >= 11 is 12.2. The molecular weight excluding hydrogens is 384 g/mol. The zero-order valence-electron chi connectivity index (χ0n) is 13.3. The summed E-state index contributed by atoms with van der Waals surface area (Å²) in [6, 6.07) is 2.94. The van der Waals surface area contributed by atoms with Crippen molar-refractivity contribution in [2.75, 3.05) is 11.1 Å². The van der Waals surface area contributed by atoms with Gasteiger partial charge in [-0.3, -0.25) is 5.32 Å². The largest absolute Gasteiger partial charge is 0.465 e. The summed E-state index contributed by atoms with van der Waals surface area (Å²) in [6.45, 7) is 0. The second-order valence-electron chi connectivity index (χ2n) is 5.61. The van der Waals surface area contributed by atoms with Crippen LogP contribution in [0.1, 0.15) is 19.3 Å². The highest BCUT2D eigenvalue weighted by Gasteiger charge is 2.17. The third kappa shape index (κ3) is 3.97. The minimum Gasteiger partial charge on any atom is -0.465 e. The Morgan fingerprint density at radius 2 is 1.88 bits per heavy atom. The first kappa shape index (κ1) is 18.2. The standard InChI is InChI=1S/C13H8Cl2FN5O2.C3H6/c14-7-1-5(17)2-8(15)11(7)21-4-6-10(20-21)9(16)3-18-12(6)19-13(22)23;1-2-3-1/h1-4H,17H2,(H,18,19)(H,22,23);1-3H2. The van der Waals surface area contributed by atoms with Crippen LogP contribution in [0.3, 0.4) is 0 Å². The van der Waals surface area contributed by atoms with Crippen molar-refractivity contribution in [3.8, 4) is 5.69 Å². The van der Waals surface area contributed by atoms with E-state index in [-0.39, 0.29) is 26.8 Å². The summed E-state index contributed by atoms with van der Waals surface area (Å²) in [7, 11) is 0. The lowest BCUT2D eigenvalue weighted by molar-refractivity contribution is 0.209. The van der Waals surface area contributed by atoms with E-state index in [9.17, 15) is 9.18 Å². The molecule has 10 heteroatoms. The monoisotopic (exact) mass is 397 g/mol. The highest BCUT2D eigenvalue weighted by molar-refractivity contribution is 6.38. The number of nitrogen functional groups attached to an aromatic ring is 1. The van der Waals surface area contributed by atoms with Gasteiger partial charge >= 0.3 is 6.09 Å². The maximum Gasteiger partial charge on any atom is 0.410 e. The van der Waals surface area contributed by atoms with Gasteiger partial charge < -0.3 is 10.8 Å². The SMILES string of the molecule is C1CC1.Nc1cc(Cl)c(-n2cc3c(NC(=O)O)ncc(F)c3n2)c(Cl)c1. The van der Waals surface area contributed by atoms with Crippen molar-refractivity contribution in [2.24, 2.45) is 0 Å². The Morgan fingerprint density at radius 3 is 2.42 bits per heavy atom. The van der Waals surface area contributed by atoms with E-state index in [1.807, 2.05) is 0 Å². The van der Waals surface area contributed by atoms with Gasteiger partial charge in [-0.2, -0.15) is 5.10 Å². The Kier molecular flexibility index (Phi) is 5.15. The van der Waals surface area contributed by atoms with Gasteiger partial charge in [-0.1, -0.05) is 42.5 Å². The van der Waals surface area contributed by atoms with Crippen molar-refractivity contribution in [3.05, 3.63) is 40.4 Å². The molecule has 2 heterocycles. The number of nitrogens with two attached hydrogens (primary N) is 1. The summed E-state index contributed by atoms with van der Waals surface area (Å²) < 4.78 is 15.1. The molecule has 1 aromatic carbocycles. The highest BCUT2D eigenvalue weighted by Crippen LogP contribution is 2.33. The molecule has 0 spiro atoms. The minimum absolute atomic E-state index is 0.0529. The number of anilines is 2. The Balaban J connectivity index is 0.000000592. The van der Waals surface area contributed by atoms with Crippen LogP contribution in [-0.2, 0) is 0 Å². The summed E-state index contributed by atoms with van der Waals surface area (Å²) in [4.78, 5) is 14.5. The van der Waals surface area contributed by atoms with E-state index in [1.165, 1.54) is 42.3 Å². The maximum absolute atomic E-state index is 13.9. The second kappa shape index (κ2) is 7.35. The molecule has 0 saturated heterocycles. The Labute approximate surface area is 157 Å². The fraction of sp³-hybridized carbons (Fsp3) is 0.188. The number of benzene rings is 1. The van der Waals surface area contributed by atoms with Gasteiger partial charge in [-0.15, -0.1) is 0 Å². The predicted octanol–water partition coefficient (Wildman–Crippen LogP) is 4.71. The van der Waals surface area contributed by atoms with E-state index in [2.05, 4.69) is 15.4 Å². The molecule has 1 aliphatic rings. The summed E-state index contributed by atoms with van der Waals surface area (Å²) in [5, 5.41) is 15.5. The van der Waals surface area contributed by atoms with Gasteiger partial charge in [-0.05, 0) is 12.1 Å². The van der Waals surface area contributed by atoms with Crippen LogP contribution in [0.25, 0.3) is 16.6 Å². The van der Waals surface area contributed by atoms with Crippen molar-refractivity contribution < 1.29 is 14.3 Å². The molecule has 26 heavy (non-hydrogen) atoms. The van der Waals surface area contributed by atoms with Gasteiger partial charge in [0.25, 0.3) is 0 Å². The smallest absolute Gasteiger partial charge is 0.410 e. The molecule has 0 unspecified atom stereocenters. The fourth-order valence-electron chi connectivity index (χ4n) is 2.09. The lowest BCUT2D eigenvalue weighted by atomic mass is 10.3. The molecule has 2 aromatic heterocycles. The molecule has 1 fully saturated rings. The first-order valence-corrected chi connectivity index (χ1v) is 8.41. The van der Waals surface area contributed by atoms with Crippen LogP contribution in [-0.4, -0.2) is 26.0 Å². The molecule has 4 rings (SSSR count). The Morgan fingerprint density at radius 1 is 1.27 bits per heavy atom. The molecule has 0 aliphatic heterocycles. The van der Waals surface area contributed by atoms with Crippen LogP contribution in [0.15, 0.2) is 24.5 Å². The number of fused-ring (bicyclic) bond motifs is 1. The van der Waals surface area contributed by atoms with Crippen LogP contribution in [0.5, 0.6) is 0 Å². The number of hydrogen-bond acceptors (Lipinski definition) is 4. The number of amides is 1. The highest BCUT2D eigenvalue weighted by atomic mass is 35.5. The zero-order chi connectivity index (χ0) is 18.8. The van der Waals surface area contributed by atoms with Crippen LogP contribution in [0.2, 0.25) is 10.0 Å². The fourth-order valence-corrected chi connectivity index (χ4v) is 2.77. The summed E-state index contributed by atoms with van der Waals surface area (Å²) in [5.74, 6) is -0.764. The lowest BCUT2D eigenvalue weighted by Crippen LogP contribution is -2.09. The normalized spacial score (nSPS) is 12.4. The van der Waals surface area contributed by atoms with Crippen molar-refractivity contribution in [1.29, 1.82) is 0 Å². The molecule has 136 valence electrons. The number of carbonyl (C=O) groups is 1. The van der Waals surface area contributed by atoms with Gasteiger partial charge in [-0.25, -0.2) is 18.9 Å². The molecule has 0 bridgehead atoms. The van der Waals surface area contributed by atoms with Gasteiger partial charge in [0.2, 0.25) is 0 Å². The molecule has 0 radical (unpaired) electrons. The van der Waals surface area contributed by atoms with Crippen LogP contribution in [0.4, 0.5) is 20.7 Å². The topological polar surface area (TPSA) is 106 Å². The Hall–Kier alpha value is -2.58. The maximum atomic E-state index is 13.9. The van der Waals surface area contributed by atoms with Crippen LogP contribution < -0.4 is 11.1 Å². The number of nitrogens with one attached hydrogen (secondary N) is 1. The predicted molar refractivity (Wildman–Crippen MR) is 98.8 cm³/mol. The second-order valence-corrected chi connectivity index (χ2v) is 6.43. The summed E-state index contributed by atoms with van der Waals surface area (Å²) in [6.07, 6.45) is 5.42. The first-order valence-electron chi connectivity index (χ1n) is 7.65. The summed E-state index contributed by atoms with van der Waals surface area (Å²) in [5.41, 5.74) is 6.22. The van der Waals surface area contributed by atoms with E-state index >= 15 is 0 Å². The molecule has 7 nitrogen and oxygen atoms in total. The molecule has 3 aromatic rings. The molecule has 0 atom stereocenters. The third-order valence-electron chi connectivity index (χ3n) is 3.35. The minimum atomic E-state index is -1.33. The first-order chi connectivity index (χ1) is 12.4. The number of nitrogens with zero attached hydrogens (tertiary/aromatic N) is 3. The molecule has 4 N–H and O–H groups in total. The Bertz CT molecular complexity index is 964. The van der Waals surface area contributed by atoms with Gasteiger partial charge in [0.05, 0.1) is 21.6 Å². The van der Waals surface area contributed by atoms with Crippen LogP contribution >= 0.6 is 23.2 Å². The molecule has 1 saturated carbocycles. The zero-order valence-corrected chi connectivity index (χ0v) is 14.9. The van der Waals surface area contributed by atoms with E-state index in [0.29, 0.717) is 11.4 Å².